The Morgan fingerprint density at radius 2 is 2.06 bits per heavy atom. The second-order valence-corrected chi connectivity index (χ2v) is 7.42. The predicted octanol–water partition coefficient (Wildman–Crippen LogP) is 2.62. The molecule has 0 fully saturated rings. The third-order valence-electron chi connectivity index (χ3n) is 5.29. The van der Waals surface area contributed by atoms with E-state index < -0.39 is 0 Å². The Kier molecular flexibility index (Phi) is 5.67. The molecule has 1 aromatic carbocycles. The van der Waals surface area contributed by atoms with Crippen LogP contribution < -0.4 is 10.3 Å². The van der Waals surface area contributed by atoms with Crippen LogP contribution in [0.5, 0.6) is 11.5 Å². The Morgan fingerprint density at radius 3 is 2.75 bits per heavy atom. The molecule has 10 heteroatoms. The number of ketones is 1. The van der Waals surface area contributed by atoms with E-state index in [2.05, 4.69) is 25.6 Å². The number of phenols is 1. The summed E-state index contributed by atoms with van der Waals surface area (Å²) in [6.07, 6.45) is 4.39. The van der Waals surface area contributed by atoms with Crippen molar-refractivity contribution in [1.82, 2.24) is 30.0 Å². The Balaban J connectivity index is 1.73. The molecule has 3 heterocycles. The lowest BCUT2D eigenvalue weighted by atomic mass is 10.0. The van der Waals surface area contributed by atoms with Gasteiger partial charge in [-0.05, 0) is 49.2 Å². The molecular weight excluding hydrogens is 412 g/mol. The summed E-state index contributed by atoms with van der Waals surface area (Å²) in [5, 5.41) is 24.1. The van der Waals surface area contributed by atoms with Crippen molar-refractivity contribution in [3.8, 4) is 22.9 Å². The number of aryl methyl sites for hydroxylation is 1. The molecule has 164 valence electrons. The lowest BCUT2D eigenvalue weighted by Gasteiger charge is -2.16. The molecule has 0 spiro atoms. The molecule has 0 unspecified atom stereocenters. The summed E-state index contributed by atoms with van der Waals surface area (Å²) in [5.74, 6) is 0.393. The number of nitrogens with one attached hydrogen (secondary N) is 1. The minimum atomic E-state index is -0.326. The number of Topliss-reactive ketones (excluding diaryl/α,β-unsaturated/α-hetero) is 1. The van der Waals surface area contributed by atoms with Crippen molar-refractivity contribution < 1.29 is 14.6 Å². The molecule has 0 aliphatic carbocycles. The quantitative estimate of drug-likeness (QED) is 0.424. The van der Waals surface area contributed by atoms with Crippen LogP contribution in [-0.4, -0.2) is 40.9 Å². The van der Waals surface area contributed by atoms with E-state index in [1.165, 1.54) is 17.5 Å². The Morgan fingerprint density at radius 1 is 1.25 bits per heavy atom. The van der Waals surface area contributed by atoms with Crippen molar-refractivity contribution in [3.05, 3.63) is 63.2 Å². The van der Waals surface area contributed by atoms with Crippen molar-refractivity contribution in [3.63, 3.8) is 0 Å². The molecule has 0 aliphatic rings. The van der Waals surface area contributed by atoms with Crippen molar-refractivity contribution in [1.29, 1.82) is 0 Å². The highest BCUT2D eigenvalue weighted by Gasteiger charge is 2.18. The normalized spacial score (nSPS) is 11.1. The van der Waals surface area contributed by atoms with Gasteiger partial charge in [0.05, 0.1) is 5.56 Å². The van der Waals surface area contributed by atoms with Gasteiger partial charge in [0.1, 0.15) is 29.3 Å². The maximum Gasteiger partial charge on any atom is 0.269 e. The van der Waals surface area contributed by atoms with Crippen molar-refractivity contribution >= 4 is 11.4 Å². The number of carbonyl (C=O) groups excluding carboxylic acids is 1. The lowest BCUT2D eigenvalue weighted by molar-refractivity contribution is 0.101. The Labute approximate surface area is 182 Å². The molecule has 10 nitrogen and oxygen atoms in total. The highest BCUT2D eigenvalue weighted by Crippen LogP contribution is 2.33. The molecule has 2 N–H and O–H groups in total. The molecule has 4 aromatic rings. The summed E-state index contributed by atoms with van der Waals surface area (Å²) in [7, 11) is 0. The number of hydrogen-bond donors (Lipinski definition) is 2. The van der Waals surface area contributed by atoms with Gasteiger partial charge in [-0.15, -0.1) is 10.2 Å². The maximum absolute atomic E-state index is 12.9. The van der Waals surface area contributed by atoms with E-state index in [1.807, 2.05) is 13.8 Å². The summed E-state index contributed by atoms with van der Waals surface area (Å²) < 4.78 is 7.47. The summed E-state index contributed by atoms with van der Waals surface area (Å²) in [6.45, 7) is 5.42. The molecule has 32 heavy (non-hydrogen) atoms. The molecule has 0 aliphatic heterocycles. The number of H-pyrrole nitrogens is 1. The zero-order chi connectivity index (χ0) is 22.8. The van der Waals surface area contributed by atoms with Crippen LogP contribution >= 0.6 is 0 Å². The third-order valence-corrected chi connectivity index (χ3v) is 5.29. The van der Waals surface area contributed by atoms with Crippen LogP contribution in [0.25, 0.3) is 17.0 Å². The van der Waals surface area contributed by atoms with Crippen LogP contribution in [-0.2, 0) is 13.0 Å². The second kappa shape index (κ2) is 8.58. The van der Waals surface area contributed by atoms with Gasteiger partial charge in [0, 0.05) is 23.5 Å². The highest BCUT2D eigenvalue weighted by molar-refractivity contribution is 5.97. The molecule has 0 bridgehead atoms. The fourth-order valence-corrected chi connectivity index (χ4v) is 3.58. The number of aromatic amines is 1. The smallest absolute Gasteiger partial charge is 0.269 e. The van der Waals surface area contributed by atoms with E-state index in [9.17, 15) is 14.7 Å². The summed E-state index contributed by atoms with van der Waals surface area (Å²) >= 11 is 0. The molecule has 0 radical (unpaired) electrons. The van der Waals surface area contributed by atoms with Gasteiger partial charge in [0.15, 0.2) is 5.78 Å². The van der Waals surface area contributed by atoms with Gasteiger partial charge in [-0.25, -0.2) is 4.98 Å². The van der Waals surface area contributed by atoms with E-state index in [1.54, 1.807) is 24.4 Å². The monoisotopic (exact) mass is 434 g/mol. The number of hydrogen-bond acceptors (Lipinski definition) is 8. The van der Waals surface area contributed by atoms with Crippen LogP contribution in [0.2, 0.25) is 0 Å². The average Bonchev–Trinajstić information content (AvgIpc) is 3.29. The number of phenolic OH excluding ortho intramolecular Hbond substituents is 1. The molecular formula is C22H22N6O4. The van der Waals surface area contributed by atoms with Gasteiger partial charge in [-0.1, -0.05) is 13.3 Å². The summed E-state index contributed by atoms with van der Waals surface area (Å²) in [6, 6.07) is 5.05. The van der Waals surface area contributed by atoms with Crippen LogP contribution in [0.15, 0.2) is 35.4 Å². The van der Waals surface area contributed by atoms with Crippen LogP contribution in [0.3, 0.4) is 0 Å². The number of nitrogens with zero attached hydrogens (tertiary/aromatic N) is 5. The molecule has 0 atom stereocenters. The number of ether oxygens (including phenoxy) is 1. The predicted molar refractivity (Wildman–Crippen MR) is 116 cm³/mol. The van der Waals surface area contributed by atoms with Crippen molar-refractivity contribution in [2.24, 2.45) is 0 Å². The number of carbonyl (C=O) groups is 1. The minimum Gasteiger partial charge on any atom is -0.507 e. The largest absolute Gasteiger partial charge is 0.507 e. The van der Waals surface area contributed by atoms with E-state index in [-0.39, 0.29) is 40.7 Å². The van der Waals surface area contributed by atoms with Crippen LogP contribution in [0.1, 0.15) is 47.3 Å². The van der Waals surface area contributed by atoms with E-state index in [0.29, 0.717) is 23.4 Å². The molecule has 0 saturated heterocycles. The van der Waals surface area contributed by atoms with Crippen LogP contribution in [0, 0.1) is 6.92 Å². The topological polar surface area (TPSA) is 135 Å². The fourth-order valence-electron chi connectivity index (χ4n) is 3.58. The zero-order valence-electron chi connectivity index (χ0n) is 17.9. The number of fused-ring (bicyclic) bond motifs is 1. The standard InChI is InChI=1S/C22H22N6O4/c1-4-5-15-18(7-6-14(13(3)29)19(15)30)32-11-17-12(2)8-9-28-21(17)23-10-16(22(28)31)20-24-26-27-25-20/h6-10,30H,4-5,11H2,1-3H3,(H,24,25,26,27). The van der Waals surface area contributed by atoms with Gasteiger partial charge in [0.25, 0.3) is 5.56 Å². The second-order valence-electron chi connectivity index (χ2n) is 7.42. The number of benzene rings is 1. The summed E-state index contributed by atoms with van der Waals surface area (Å²) in [5.41, 5.74) is 2.82. The van der Waals surface area contributed by atoms with E-state index in [4.69, 9.17) is 4.74 Å². The maximum atomic E-state index is 12.9. The van der Waals surface area contributed by atoms with Crippen LogP contribution in [0.4, 0.5) is 0 Å². The summed E-state index contributed by atoms with van der Waals surface area (Å²) in [4.78, 5) is 29.2. The first kappa shape index (κ1) is 21.2. The first-order valence-corrected chi connectivity index (χ1v) is 10.1. The number of pyridine rings is 1. The molecule has 4 rings (SSSR count). The molecule has 3 aromatic heterocycles. The minimum absolute atomic E-state index is 0.0504. The highest BCUT2D eigenvalue weighted by atomic mass is 16.5. The third kappa shape index (κ3) is 3.70. The first-order chi connectivity index (χ1) is 15.4. The number of aromatic nitrogens is 6. The SMILES string of the molecule is CCCc1c(OCc2c(C)ccn3c(=O)c(-c4nn[nH]n4)cnc23)ccc(C(C)=O)c1O. The fraction of sp³-hybridized carbons (Fsp3) is 0.273. The number of rotatable bonds is 7. The van der Waals surface area contributed by atoms with E-state index in [0.717, 1.165) is 17.5 Å². The average molecular weight is 434 g/mol. The van der Waals surface area contributed by atoms with Gasteiger partial charge >= 0.3 is 0 Å². The van der Waals surface area contributed by atoms with Gasteiger partial charge in [-0.2, -0.15) is 5.21 Å². The zero-order valence-corrected chi connectivity index (χ0v) is 17.9. The number of aromatic hydroxyl groups is 1. The van der Waals surface area contributed by atoms with E-state index >= 15 is 0 Å². The number of tetrazole rings is 1. The molecule has 0 amide bonds. The Hall–Kier alpha value is -4.08. The van der Waals surface area contributed by atoms with Gasteiger partial charge in [-0.3, -0.25) is 14.0 Å². The lowest BCUT2D eigenvalue weighted by Crippen LogP contribution is -2.19. The first-order valence-electron chi connectivity index (χ1n) is 10.1. The van der Waals surface area contributed by atoms with Gasteiger partial charge < -0.3 is 9.84 Å². The van der Waals surface area contributed by atoms with Crippen molar-refractivity contribution in [2.45, 2.75) is 40.2 Å². The Bertz CT molecular complexity index is 1360. The van der Waals surface area contributed by atoms with Crippen molar-refractivity contribution in [2.75, 3.05) is 0 Å². The molecule has 0 saturated carbocycles. The van der Waals surface area contributed by atoms with Gasteiger partial charge in [0.2, 0.25) is 5.82 Å².